The second-order valence-corrected chi connectivity index (χ2v) is 5.59. The van der Waals surface area contributed by atoms with Gasteiger partial charge in [-0.15, -0.1) is 0 Å². The van der Waals surface area contributed by atoms with E-state index in [1.807, 2.05) is 0 Å². The van der Waals surface area contributed by atoms with Crippen LogP contribution in [-0.2, 0) is 9.84 Å². The maximum absolute atomic E-state index is 11.6. The van der Waals surface area contributed by atoms with Gasteiger partial charge in [-0.25, -0.2) is 8.42 Å². The topological polar surface area (TPSA) is 60.2 Å². The molecule has 3 nitrogen and oxygen atoms in total. The Morgan fingerprint density at radius 3 is 2.40 bits per heavy atom. The van der Waals surface area contributed by atoms with E-state index in [2.05, 4.69) is 0 Å². The second kappa shape index (κ2) is 4.43. The van der Waals surface area contributed by atoms with E-state index >= 15 is 0 Å². The van der Waals surface area contributed by atoms with E-state index in [0.29, 0.717) is 5.02 Å². The van der Waals surface area contributed by atoms with Crippen molar-refractivity contribution in [3.05, 3.63) is 39.3 Å². The van der Waals surface area contributed by atoms with Crippen molar-refractivity contribution in [1.82, 2.24) is 0 Å². The summed E-state index contributed by atoms with van der Waals surface area (Å²) in [6.07, 6.45) is 0. The molecule has 0 fully saturated rings. The van der Waals surface area contributed by atoms with Crippen LogP contribution in [0.5, 0.6) is 0 Å². The first kappa shape index (κ1) is 12.4. The van der Waals surface area contributed by atoms with Crippen LogP contribution in [0.25, 0.3) is 0 Å². The van der Waals surface area contributed by atoms with E-state index in [9.17, 15) is 8.42 Å². The van der Waals surface area contributed by atoms with E-state index in [4.69, 9.17) is 28.9 Å². The Balaban J connectivity index is 3.29. The van der Waals surface area contributed by atoms with E-state index in [0.717, 1.165) is 5.41 Å². The summed E-state index contributed by atoms with van der Waals surface area (Å²) in [5.74, 6) is 0. The van der Waals surface area contributed by atoms with Gasteiger partial charge in [0.25, 0.3) is 0 Å². The number of nitrogens with two attached hydrogens (primary N) is 1. The third kappa shape index (κ3) is 3.12. The lowest BCUT2D eigenvalue weighted by molar-refractivity contribution is 0.604. The molecule has 2 N–H and O–H groups in total. The van der Waals surface area contributed by atoms with Gasteiger partial charge in [0, 0.05) is 5.70 Å². The Bertz CT molecular complexity index is 505. The molecular weight excluding hydrogens is 257 g/mol. The first-order valence-corrected chi connectivity index (χ1v) is 6.27. The summed E-state index contributed by atoms with van der Waals surface area (Å²) >= 11 is 11.4. The highest BCUT2D eigenvalue weighted by molar-refractivity contribution is 7.94. The van der Waals surface area contributed by atoms with Gasteiger partial charge in [0.05, 0.1) is 20.3 Å². The van der Waals surface area contributed by atoms with E-state index in [1.165, 1.54) is 25.1 Å². The monoisotopic (exact) mass is 265 g/mol. The molecule has 0 unspecified atom stereocenters. The highest BCUT2D eigenvalue weighted by atomic mass is 35.5. The van der Waals surface area contributed by atoms with Crippen molar-refractivity contribution >= 4 is 33.0 Å². The Morgan fingerprint density at radius 2 is 1.93 bits per heavy atom. The minimum atomic E-state index is -3.53. The summed E-state index contributed by atoms with van der Waals surface area (Å²) in [6, 6.07) is 4.10. The Labute approximate surface area is 98.4 Å². The van der Waals surface area contributed by atoms with Crippen LogP contribution in [0, 0.1) is 0 Å². The third-order valence-corrected chi connectivity index (χ3v) is 3.89. The zero-order valence-electron chi connectivity index (χ0n) is 7.87. The first-order valence-electron chi connectivity index (χ1n) is 3.97. The molecule has 0 aliphatic carbocycles. The van der Waals surface area contributed by atoms with Crippen LogP contribution in [-0.4, -0.2) is 8.42 Å². The molecule has 15 heavy (non-hydrogen) atoms. The van der Waals surface area contributed by atoms with Crippen molar-refractivity contribution in [2.24, 2.45) is 5.73 Å². The predicted molar refractivity (Wildman–Crippen MR) is 61.6 cm³/mol. The standard InChI is InChI=1S/C9H9Cl2NO2S/c1-6(12)5-15(13,14)7-2-3-8(10)9(11)4-7/h2-5H,12H2,1H3/b6-5-. The summed E-state index contributed by atoms with van der Waals surface area (Å²) < 4.78 is 23.3. The van der Waals surface area contributed by atoms with Gasteiger partial charge < -0.3 is 5.73 Å². The summed E-state index contributed by atoms with van der Waals surface area (Å²) in [4.78, 5) is 0.0710. The average molecular weight is 266 g/mol. The van der Waals surface area contributed by atoms with Crippen LogP contribution < -0.4 is 5.73 Å². The van der Waals surface area contributed by atoms with Crippen LogP contribution in [0.3, 0.4) is 0 Å². The Kier molecular flexibility index (Phi) is 3.65. The van der Waals surface area contributed by atoms with Gasteiger partial charge >= 0.3 is 0 Å². The molecule has 0 saturated carbocycles. The maximum atomic E-state index is 11.6. The van der Waals surface area contributed by atoms with Crippen molar-refractivity contribution < 1.29 is 8.42 Å². The van der Waals surface area contributed by atoms with Gasteiger partial charge in [-0.2, -0.15) is 0 Å². The van der Waals surface area contributed by atoms with E-state index in [-0.39, 0.29) is 15.6 Å². The third-order valence-electron chi connectivity index (χ3n) is 1.56. The van der Waals surface area contributed by atoms with Crippen LogP contribution in [0.15, 0.2) is 34.2 Å². The van der Waals surface area contributed by atoms with Crippen LogP contribution in [0.2, 0.25) is 10.0 Å². The largest absolute Gasteiger partial charge is 0.402 e. The minimum absolute atomic E-state index is 0.0710. The molecule has 0 atom stereocenters. The lowest BCUT2D eigenvalue weighted by atomic mass is 10.4. The SMILES string of the molecule is C/C(N)=C/S(=O)(=O)c1ccc(Cl)c(Cl)c1. The fraction of sp³-hybridized carbons (Fsp3) is 0.111. The Hall–Kier alpha value is -0.710. The van der Waals surface area contributed by atoms with Gasteiger partial charge in [0.15, 0.2) is 0 Å². The first-order chi connectivity index (χ1) is 6.83. The van der Waals surface area contributed by atoms with Gasteiger partial charge in [-0.1, -0.05) is 23.2 Å². The van der Waals surface area contributed by atoms with E-state index < -0.39 is 9.84 Å². The molecule has 1 rings (SSSR count). The molecule has 0 bridgehead atoms. The minimum Gasteiger partial charge on any atom is -0.402 e. The van der Waals surface area contributed by atoms with Crippen LogP contribution >= 0.6 is 23.2 Å². The summed E-state index contributed by atoms with van der Waals surface area (Å²) in [5, 5.41) is 1.48. The Morgan fingerprint density at radius 1 is 1.33 bits per heavy atom. The second-order valence-electron chi connectivity index (χ2n) is 2.98. The van der Waals surface area contributed by atoms with Crippen LogP contribution in [0.1, 0.15) is 6.92 Å². The van der Waals surface area contributed by atoms with Gasteiger partial charge in [-0.05, 0) is 25.1 Å². The fourth-order valence-corrected chi connectivity index (χ4v) is 2.49. The number of halogens is 2. The zero-order chi connectivity index (χ0) is 11.6. The normalized spacial score (nSPS) is 12.9. The van der Waals surface area contributed by atoms with Crippen molar-refractivity contribution in [3.8, 4) is 0 Å². The fourth-order valence-electron chi connectivity index (χ4n) is 0.967. The predicted octanol–water partition coefficient (Wildman–Crippen LogP) is 2.59. The van der Waals surface area contributed by atoms with Gasteiger partial charge in [-0.3, -0.25) is 0 Å². The zero-order valence-corrected chi connectivity index (χ0v) is 10.2. The lowest BCUT2D eigenvalue weighted by Gasteiger charge is -2.01. The van der Waals surface area contributed by atoms with Crippen molar-refractivity contribution in [2.45, 2.75) is 11.8 Å². The molecule has 1 aromatic carbocycles. The van der Waals surface area contributed by atoms with Crippen molar-refractivity contribution in [1.29, 1.82) is 0 Å². The smallest absolute Gasteiger partial charge is 0.201 e. The van der Waals surface area contributed by atoms with Crippen molar-refractivity contribution in [2.75, 3.05) is 0 Å². The van der Waals surface area contributed by atoms with Gasteiger partial charge in [0.2, 0.25) is 9.84 Å². The molecule has 0 aliphatic rings. The molecule has 0 spiro atoms. The number of benzene rings is 1. The highest BCUT2D eigenvalue weighted by Crippen LogP contribution is 2.25. The number of sulfone groups is 1. The molecular formula is C9H9Cl2NO2S. The van der Waals surface area contributed by atoms with Gasteiger partial charge in [0.1, 0.15) is 0 Å². The quantitative estimate of drug-likeness (QED) is 0.894. The molecule has 0 saturated heterocycles. The molecule has 0 aromatic heterocycles. The van der Waals surface area contributed by atoms with Crippen molar-refractivity contribution in [3.63, 3.8) is 0 Å². The van der Waals surface area contributed by atoms with Crippen LogP contribution in [0.4, 0.5) is 0 Å². The number of rotatable bonds is 2. The molecule has 0 heterocycles. The maximum Gasteiger partial charge on any atom is 0.201 e. The average Bonchev–Trinajstić information content (AvgIpc) is 2.07. The molecule has 82 valence electrons. The summed E-state index contributed by atoms with van der Waals surface area (Å²) in [7, 11) is -3.53. The summed E-state index contributed by atoms with van der Waals surface area (Å²) in [6.45, 7) is 1.50. The van der Waals surface area contributed by atoms with E-state index in [1.54, 1.807) is 0 Å². The number of hydrogen-bond donors (Lipinski definition) is 1. The molecule has 1 aromatic rings. The lowest BCUT2D eigenvalue weighted by Crippen LogP contribution is -2.01. The summed E-state index contributed by atoms with van der Waals surface area (Å²) in [5.41, 5.74) is 5.52. The number of hydrogen-bond acceptors (Lipinski definition) is 3. The molecule has 0 aliphatic heterocycles. The molecule has 6 heteroatoms. The highest BCUT2D eigenvalue weighted by Gasteiger charge is 2.12. The number of allylic oxidation sites excluding steroid dienone is 1. The molecule has 0 amide bonds. The molecule has 0 radical (unpaired) electrons.